The maximum Gasteiger partial charge on any atom is 0.261 e. The number of amides is 1. The molecular formula is C26H32ClN3O2. The molecule has 0 fully saturated rings. The normalized spacial score (nSPS) is 13.1. The number of unbranched alkanes of at least 4 members (excludes halogenated alkanes) is 1. The van der Waals surface area contributed by atoms with Gasteiger partial charge in [0.1, 0.15) is 11.2 Å². The van der Waals surface area contributed by atoms with Gasteiger partial charge in [-0.1, -0.05) is 69.7 Å². The molecule has 1 heterocycles. The van der Waals surface area contributed by atoms with Gasteiger partial charge in [0.25, 0.3) is 5.56 Å². The lowest BCUT2D eigenvalue weighted by atomic mass is 10.1. The van der Waals surface area contributed by atoms with E-state index in [-0.39, 0.29) is 17.5 Å². The number of benzene rings is 2. The molecule has 6 heteroatoms. The Hall–Kier alpha value is -2.66. The quantitative estimate of drug-likeness (QED) is 0.361. The van der Waals surface area contributed by atoms with Gasteiger partial charge in [-0.25, -0.2) is 4.98 Å². The van der Waals surface area contributed by atoms with Crippen molar-refractivity contribution < 1.29 is 4.79 Å². The maximum absolute atomic E-state index is 13.6. The van der Waals surface area contributed by atoms with Crippen molar-refractivity contribution in [1.29, 1.82) is 0 Å². The van der Waals surface area contributed by atoms with Crippen molar-refractivity contribution in [2.45, 2.75) is 64.4 Å². The molecule has 0 spiro atoms. The number of nitrogens with zero attached hydrogens (tertiary/aromatic N) is 3. The van der Waals surface area contributed by atoms with Crippen molar-refractivity contribution >= 4 is 28.4 Å². The van der Waals surface area contributed by atoms with Crippen LogP contribution in [0.15, 0.2) is 59.4 Å². The predicted molar refractivity (Wildman–Crippen MR) is 131 cm³/mol. The molecule has 0 aliphatic carbocycles. The molecule has 170 valence electrons. The summed E-state index contributed by atoms with van der Waals surface area (Å²) in [6, 6.07) is 16.5. The molecule has 32 heavy (non-hydrogen) atoms. The smallest absolute Gasteiger partial charge is 0.261 e. The van der Waals surface area contributed by atoms with Gasteiger partial charge in [0, 0.05) is 13.1 Å². The number of para-hydroxylation sites is 1. The first-order chi connectivity index (χ1) is 15.5. The monoisotopic (exact) mass is 453 g/mol. The van der Waals surface area contributed by atoms with E-state index in [1.165, 1.54) is 0 Å². The van der Waals surface area contributed by atoms with Gasteiger partial charge < -0.3 is 4.90 Å². The first-order valence-electron chi connectivity index (χ1n) is 11.5. The number of fused-ring (bicyclic) bond motifs is 1. The van der Waals surface area contributed by atoms with E-state index in [4.69, 9.17) is 16.6 Å². The van der Waals surface area contributed by atoms with Gasteiger partial charge >= 0.3 is 0 Å². The third-order valence-electron chi connectivity index (χ3n) is 5.74. The molecule has 2 atom stereocenters. The molecule has 0 radical (unpaired) electrons. The van der Waals surface area contributed by atoms with Crippen LogP contribution in [0.25, 0.3) is 10.9 Å². The summed E-state index contributed by atoms with van der Waals surface area (Å²) in [5, 5.41) is -0.181. The van der Waals surface area contributed by atoms with E-state index in [1.807, 2.05) is 73.3 Å². The Morgan fingerprint density at radius 2 is 1.72 bits per heavy atom. The largest absolute Gasteiger partial charge is 0.331 e. The van der Waals surface area contributed by atoms with E-state index in [1.54, 1.807) is 4.57 Å². The van der Waals surface area contributed by atoms with Gasteiger partial charge in [0.15, 0.2) is 0 Å². The molecule has 0 aliphatic rings. The first-order valence-corrected chi connectivity index (χ1v) is 12.0. The number of hydrogen-bond donors (Lipinski definition) is 0. The highest BCUT2D eigenvalue weighted by atomic mass is 35.5. The van der Waals surface area contributed by atoms with Gasteiger partial charge in [-0.05, 0) is 37.0 Å². The molecule has 3 aromatic rings. The molecule has 0 bridgehead atoms. The Balaban J connectivity index is 2.11. The van der Waals surface area contributed by atoms with Crippen LogP contribution in [0.1, 0.15) is 69.3 Å². The summed E-state index contributed by atoms with van der Waals surface area (Å²) in [4.78, 5) is 33.7. The molecule has 1 aromatic heterocycles. The van der Waals surface area contributed by atoms with E-state index in [0.717, 1.165) is 24.8 Å². The average molecular weight is 454 g/mol. The van der Waals surface area contributed by atoms with Crippen LogP contribution in [0.2, 0.25) is 0 Å². The number of rotatable bonds is 10. The molecule has 3 rings (SSSR count). The minimum Gasteiger partial charge on any atom is -0.331 e. The molecule has 0 aliphatic heterocycles. The third-order valence-corrected chi connectivity index (χ3v) is 6.18. The predicted octanol–water partition coefficient (Wildman–Crippen LogP) is 5.87. The van der Waals surface area contributed by atoms with Crippen LogP contribution in [0.3, 0.4) is 0 Å². The van der Waals surface area contributed by atoms with Crippen LogP contribution < -0.4 is 5.56 Å². The summed E-state index contributed by atoms with van der Waals surface area (Å²) >= 11 is 6.67. The van der Waals surface area contributed by atoms with E-state index < -0.39 is 5.38 Å². The summed E-state index contributed by atoms with van der Waals surface area (Å²) in [5.74, 6) is 0.489. The standard InChI is InChI=1S/C26H32ClN3O2/c1-4-7-18-29(26(32)23(27)19-13-9-8-10-14-19)22(6-3)24-28-21-16-12-11-15-20(21)25(31)30(24)17-5-2/h8-16,22-23H,4-7,17-18H2,1-3H3. The fourth-order valence-electron chi connectivity index (χ4n) is 4.08. The Morgan fingerprint density at radius 3 is 2.38 bits per heavy atom. The van der Waals surface area contributed by atoms with Crippen LogP contribution in [0.4, 0.5) is 0 Å². The van der Waals surface area contributed by atoms with Crippen molar-refractivity contribution in [3.63, 3.8) is 0 Å². The molecule has 0 saturated carbocycles. The second-order valence-corrected chi connectivity index (χ2v) is 8.46. The van der Waals surface area contributed by atoms with E-state index in [0.29, 0.717) is 36.2 Å². The lowest BCUT2D eigenvalue weighted by Gasteiger charge is -2.33. The van der Waals surface area contributed by atoms with E-state index >= 15 is 0 Å². The van der Waals surface area contributed by atoms with Crippen LogP contribution in [0, 0.1) is 0 Å². The Morgan fingerprint density at radius 1 is 1.03 bits per heavy atom. The first kappa shape index (κ1) is 24.0. The second kappa shape index (κ2) is 11.3. The molecule has 0 N–H and O–H groups in total. The van der Waals surface area contributed by atoms with Crippen molar-refractivity contribution in [3.05, 3.63) is 76.3 Å². The fourth-order valence-corrected chi connectivity index (χ4v) is 4.35. The SMILES string of the molecule is CCCCN(C(=O)C(Cl)c1ccccc1)C(CC)c1nc2ccccc2c(=O)n1CCC. The highest BCUT2D eigenvalue weighted by molar-refractivity contribution is 6.30. The zero-order valence-electron chi connectivity index (χ0n) is 19.1. The lowest BCUT2D eigenvalue weighted by Crippen LogP contribution is -2.41. The van der Waals surface area contributed by atoms with Crippen molar-refractivity contribution in [2.75, 3.05) is 6.54 Å². The van der Waals surface area contributed by atoms with Crippen molar-refractivity contribution in [1.82, 2.24) is 14.5 Å². The summed E-state index contributed by atoms with van der Waals surface area (Å²) < 4.78 is 1.74. The Bertz CT molecular complexity index is 1100. The van der Waals surface area contributed by atoms with Crippen molar-refractivity contribution in [3.8, 4) is 0 Å². The van der Waals surface area contributed by atoms with Gasteiger partial charge in [-0.15, -0.1) is 11.6 Å². The topological polar surface area (TPSA) is 55.2 Å². The summed E-state index contributed by atoms with van der Waals surface area (Å²) in [5.41, 5.74) is 1.37. The average Bonchev–Trinajstić information content (AvgIpc) is 2.83. The zero-order chi connectivity index (χ0) is 23.1. The summed E-state index contributed by atoms with van der Waals surface area (Å²) in [6.45, 7) is 7.29. The number of aromatic nitrogens is 2. The van der Waals surface area contributed by atoms with Gasteiger partial charge in [-0.3, -0.25) is 14.2 Å². The molecule has 2 aromatic carbocycles. The Labute approximate surface area is 195 Å². The highest BCUT2D eigenvalue weighted by Gasteiger charge is 2.32. The van der Waals surface area contributed by atoms with E-state index in [2.05, 4.69) is 6.92 Å². The molecule has 2 unspecified atom stereocenters. The molecule has 0 saturated heterocycles. The van der Waals surface area contributed by atoms with Crippen LogP contribution in [-0.2, 0) is 11.3 Å². The van der Waals surface area contributed by atoms with Gasteiger partial charge in [0.2, 0.25) is 5.91 Å². The number of alkyl halides is 1. The van der Waals surface area contributed by atoms with Crippen LogP contribution in [-0.4, -0.2) is 26.9 Å². The molecule has 1 amide bonds. The zero-order valence-corrected chi connectivity index (χ0v) is 19.9. The second-order valence-electron chi connectivity index (χ2n) is 8.03. The molecule has 5 nitrogen and oxygen atoms in total. The molecular weight excluding hydrogens is 422 g/mol. The highest BCUT2D eigenvalue weighted by Crippen LogP contribution is 2.30. The summed E-state index contributed by atoms with van der Waals surface area (Å²) in [6.07, 6.45) is 3.24. The van der Waals surface area contributed by atoms with Crippen LogP contribution in [0.5, 0.6) is 0 Å². The lowest BCUT2D eigenvalue weighted by molar-refractivity contribution is -0.133. The number of hydrogen-bond acceptors (Lipinski definition) is 3. The minimum atomic E-state index is -0.783. The number of carbonyl (C=O) groups is 1. The van der Waals surface area contributed by atoms with Crippen LogP contribution >= 0.6 is 11.6 Å². The minimum absolute atomic E-state index is 0.0562. The van der Waals surface area contributed by atoms with Crippen molar-refractivity contribution in [2.24, 2.45) is 0 Å². The fraction of sp³-hybridized carbons (Fsp3) is 0.423. The van der Waals surface area contributed by atoms with Gasteiger partial charge in [-0.2, -0.15) is 0 Å². The Kier molecular flexibility index (Phi) is 8.46. The number of carbonyl (C=O) groups excluding carboxylic acids is 1. The maximum atomic E-state index is 13.6. The summed E-state index contributed by atoms with van der Waals surface area (Å²) in [7, 11) is 0. The third kappa shape index (κ3) is 5.04. The van der Waals surface area contributed by atoms with E-state index in [9.17, 15) is 9.59 Å². The number of halogens is 1. The van der Waals surface area contributed by atoms with Gasteiger partial charge in [0.05, 0.1) is 16.9 Å².